The van der Waals surface area contributed by atoms with Crippen LogP contribution in [-0.2, 0) is 11.2 Å². The van der Waals surface area contributed by atoms with Gasteiger partial charge in [-0.3, -0.25) is 4.79 Å². The highest BCUT2D eigenvalue weighted by Gasteiger charge is 2.10. The van der Waals surface area contributed by atoms with E-state index < -0.39 is 0 Å². The highest BCUT2D eigenvalue weighted by Crippen LogP contribution is 2.29. The number of amides is 1. The van der Waals surface area contributed by atoms with E-state index in [0.29, 0.717) is 18.0 Å². The fourth-order valence-electron chi connectivity index (χ4n) is 3.33. The van der Waals surface area contributed by atoms with Crippen LogP contribution in [0.1, 0.15) is 11.1 Å². The molecule has 6 heteroatoms. The second-order valence-corrected chi connectivity index (χ2v) is 8.74. The third kappa shape index (κ3) is 5.42. The van der Waals surface area contributed by atoms with Crippen LogP contribution in [0.3, 0.4) is 0 Å². The quantitative estimate of drug-likeness (QED) is 0.255. The lowest BCUT2D eigenvalue weighted by atomic mass is 10.1. The number of aromatic nitrogens is 1. The Labute approximate surface area is 195 Å². The SMILES string of the molecule is N#C/C(=C/c1ccc(Sc2ccc(Cl)cc2)cc1)C(=O)NCCc1c[nH]c2ccccc12. The molecular weight excluding hydrogens is 438 g/mol. The Morgan fingerprint density at radius 1 is 1.03 bits per heavy atom. The number of halogens is 1. The van der Waals surface area contributed by atoms with Gasteiger partial charge in [0.2, 0.25) is 0 Å². The number of carbonyl (C=O) groups is 1. The first kappa shape index (κ1) is 21.8. The van der Waals surface area contributed by atoms with Crippen molar-refractivity contribution in [3.8, 4) is 6.07 Å². The summed E-state index contributed by atoms with van der Waals surface area (Å²) < 4.78 is 0. The minimum absolute atomic E-state index is 0.0852. The molecule has 1 amide bonds. The molecule has 0 spiro atoms. The molecule has 4 nitrogen and oxygen atoms in total. The summed E-state index contributed by atoms with van der Waals surface area (Å²) in [5, 5.41) is 14.2. The number of carbonyl (C=O) groups excluding carboxylic acids is 1. The topological polar surface area (TPSA) is 68.7 Å². The van der Waals surface area contributed by atoms with Gasteiger partial charge >= 0.3 is 0 Å². The first-order valence-corrected chi connectivity index (χ1v) is 11.3. The molecule has 0 bridgehead atoms. The number of aromatic amines is 1. The summed E-state index contributed by atoms with van der Waals surface area (Å²) in [5.74, 6) is -0.369. The molecule has 0 aliphatic carbocycles. The second kappa shape index (κ2) is 10.2. The summed E-state index contributed by atoms with van der Waals surface area (Å²) in [6.45, 7) is 0.455. The number of nitrogens with one attached hydrogen (secondary N) is 2. The van der Waals surface area contributed by atoms with Gasteiger partial charge in [-0.25, -0.2) is 0 Å². The van der Waals surface area contributed by atoms with E-state index in [0.717, 1.165) is 31.8 Å². The number of nitriles is 1. The summed E-state index contributed by atoms with van der Waals surface area (Å²) in [5.41, 5.74) is 3.09. The largest absolute Gasteiger partial charge is 0.361 e. The van der Waals surface area contributed by atoms with Gasteiger partial charge in [0, 0.05) is 38.5 Å². The average molecular weight is 458 g/mol. The van der Waals surface area contributed by atoms with Crippen LogP contribution in [-0.4, -0.2) is 17.4 Å². The molecule has 0 atom stereocenters. The zero-order valence-electron chi connectivity index (χ0n) is 17.1. The van der Waals surface area contributed by atoms with Crippen LogP contribution in [0.15, 0.2) is 94.4 Å². The minimum atomic E-state index is -0.369. The van der Waals surface area contributed by atoms with Gasteiger partial charge in [0.25, 0.3) is 5.91 Å². The normalized spacial score (nSPS) is 11.3. The fourth-order valence-corrected chi connectivity index (χ4v) is 4.27. The molecule has 0 saturated carbocycles. The number of rotatable bonds is 7. The lowest BCUT2D eigenvalue weighted by Gasteiger charge is -2.05. The third-order valence-electron chi connectivity index (χ3n) is 4.96. The van der Waals surface area contributed by atoms with Crippen molar-refractivity contribution in [2.75, 3.05) is 6.54 Å². The monoisotopic (exact) mass is 457 g/mol. The Kier molecular flexibility index (Phi) is 6.96. The molecule has 3 aromatic carbocycles. The molecule has 4 aromatic rings. The van der Waals surface area contributed by atoms with Crippen molar-refractivity contribution in [3.05, 3.63) is 101 Å². The molecule has 158 valence electrons. The lowest BCUT2D eigenvalue weighted by Crippen LogP contribution is -2.26. The Hall–Kier alpha value is -3.46. The second-order valence-electron chi connectivity index (χ2n) is 7.16. The summed E-state index contributed by atoms with van der Waals surface area (Å²) in [6, 6.07) is 25.4. The lowest BCUT2D eigenvalue weighted by molar-refractivity contribution is -0.117. The van der Waals surface area contributed by atoms with Crippen molar-refractivity contribution in [2.45, 2.75) is 16.2 Å². The van der Waals surface area contributed by atoms with Gasteiger partial charge < -0.3 is 10.3 Å². The first-order valence-electron chi connectivity index (χ1n) is 10.1. The van der Waals surface area contributed by atoms with Crippen molar-refractivity contribution in [2.24, 2.45) is 0 Å². The predicted molar refractivity (Wildman–Crippen MR) is 131 cm³/mol. The van der Waals surface area contributed by atoms with Gasteiger partial charge in [0.05, 0.1) is 0 Å². The Morgan fingerprint density at radius 2 is 1.72 bits per heavy atom. The third-order valence-corrected chi connectivity index (χ3v) is 6.23. The fraction of sp³-hybridized carbons (Fsp3) is 0.0769. The molecule has 0 unspecified atom stereocenters. The van der Waals surface area contributed by atoms with Crippen LogP contribution in [0.5, 0.6) is 0 Å². The van der Waals surface area contributed by atoms with E-state index in [-0.39, 0.29) is 11.5 Å². The van der Waals surface area contributed by atoms with Crippen molar-refractivity contribution < 1.29 is 4.79 Å². The molecule has 1 heterocycles. The number of benzene rings is 3. The Morgan fingerprint density at radius 3 is 2.44 bits per heavy atom. The molecular formula is C26H20ClN3OS. The van der Waals surface area contributed by atoms with Gasteiger partial charge in [-0.05, 0) is 66.1 Å². The Bertz CT molecular complexity index is 1300. The maximum absolute atomic E-state index is 12.5. The van der Waals surface area contributed by atoms with Crippen molar-refractivity contribution >= 4 is 46.2 Å². The minimum Gasteiger partial charge on any atom is -0.361 e. The number of hydrogen-bond acceptors (Lipinski definition) is 3. The standard InChI is InChI=1S/C26H20ClN3OS/c27-21-7-11-23(12-8-21)32-22-9-5-18(6-10-22)15-20(16-28)26(31)29-14-13-19-17-30-25-4-2-1-3-24(19)25/h1-12,15,17,30H,13-14H2,(H,29,31)/b20-15-. The van der Waals surface area contributed by atoms with Gasteiger partial charge in [-0.1, -0.05) is 53.7 Å². The number of nitrogens with zero attached hydrogens (tertiary/aromatic N) is 1. The smallest absolute Gasteiger partial charge is 0.261 e. The van der Waals surface area contributed by atoms with E-state index in [1.54, 1.807) is 17.8 Å². The molecule has 0 radical (unpaired) electrons. The van der Waals surface area contributed by atoms with Crippen LogP contribution in [0.4, 0.5) is 0 Å². The van der Waals surface area contributed by atoms with Gasteiger partial charge in [-0.2, -0.15) is 5.26 Å². The predicted octanol–water partition coefficient (Wildman–Crippen LogP) is 6.24. The number of H-pyrrole nitrogens is 1. The zero-order valence-corrected chi connectivity index (χ0v) is 18.7. The summed E-state index contributed by atoms with van der Waals surface area (Å²) in [4.78, 5) is 17.9. The van der Waals surface area contributed by atoms with Crippen LogP contribution in [0.2, 0.25) is 5.02 Å². The van der Waals surface area contributed by atoms with E-state index in [9.17, 15) is 10.1 Å². The Balaban J connectivity index is 1.35. The maximum Gasteiger partial charge on any atom is 0.261 e. The van der Waals surface area contributed by atoms with Gasteiger partial charge in [-0.15, -0.1) is 0 Å². The molecule has 0 aliphatic heterocycles. The van der Waals surface area contributed by atoms with E-state index in [4.69, 9.17) is 11.6 Å². The maximum atomic E-state index is 12.5. The molecule has 0 fully saturated rings. The summed E-state index contributed by atoms with van der Waals surface area (Å²) in [6.07, 6.45) is 4.25. The van der Waals surface area contributed by atoms with E-state index >= 15 is 0 Å². The number of hydrogen-bond donors (Lipinski definition) is 2. The zero-order chi connectivity index (χ0) is 22.3. The molecule has 4 rings (SSSR count). The van der Waals surface area contributed by atoms with Crippen molar-refractivity contribution in [1.29, 1.82) is 5.26 Å². The van der Waals surface area contributed by atoms with Crippen LogP contribution >= 0.6 is 23.4 Å². The summed E-state index contributed by atoms with van der Waals surface area (Å²) in [7, 11) is 0. The van der Waals surface area contributed by atoms with E-state index in [1.165, 1.54) is 0 Å². The van der Waals surface area contributed by atoms with Crippen LogP contribution in [0, 0.1) is 11.3 Å². The van der Waals surface area contributed by atoms with Gasteiger partial charge in [0.15, 0.2) is 0 Å². The average Bonchev–Trinajstić information content (AvgIpc) is 3.23. The molecule has 32 heavy (non-hydrogen) atoms. The van der Waals surface area contributed by atoms with E-state index in [2.05, 4.69) is 16.4 Å². The van der Waals surface area contributed by atoms with E-state index in [1.807, 2.05) is 79.0 Å². The molecule has 0 saturated heterocycles. The highest BCUT2D eigenvalue weighted by atomic mass is 35.5. The van der Waals surface area contributed by atoms with Crippen LogP contribution in [0.25, 0.3) is 17.0 Å². The molecule has 0 aliphatic rings. The molecule has 2 N–H and O–H groups in total. The van der Waals surface area contributed by atoms with Crippen LogP contribution < -0.4 is 5.32 Å². The number of fused-ring (bicyclic) bond motifs is 1. The highest BCUT2D eigenvalue weighted by molar-refractivity contribution is 7.99. The van der Waals surface area contributed by atoms with Gasteiger partial charge in [0.1, 0.15) is 11.6 Å². The molecule has 1 aromatic heterocycles. The summed E-state index contributed by atoms with van der Waals surface area (Å²) >= 11 is 7.55. The van der Waals surface area contributed by atoms with Crippen molar-refractivity contribution in [3.63, 3.8) is 0 Å². The number of para-hydroxylation sites is 1. The first-order chi connectivity index (χ1) is 15.6. The van der Waals surface area contributed by atoms with Crippen molar-refractivity contribution in [1.82, 2.24) is 10.3 Å².